The van der Waals surface area contributed by atoms with Crippen LogP contribution in [-0.4, -0.2) is 28.4 Å². The highest BCUT2D eigenvalue weighted by molar-refractivity contribution is 7.92. The predicted molar refractivity (Wildman–Crippen MR) is 81.1 cm³/mol. The van der Waals surface area contributed by atoms with E-state index in [1.54, 1.807) is 19.1 Å². The first-order valence-corrected chi connectivity index (χ1v) is 8.18. The normalized spacial score (nSPS) is 11.5. The van der Waals surface area contributed by atoms with Crippen molar-refractivity contribution in [3.05, 3.63) is 59.9 Å². The van der Waals surface area contributed by atoms with Crippen LogP contribution in [0.2, 0.25) is 0 Å². The van der Waals surface area contributed by atoms with Gasteiger partial charge >= 0.3 is 0 Å². The molecule has 3 rings (SSSR count). The third-order valence-corrected chi connectivity index (χ3v) is 4.44. The number of sulfonamides is 1. The molecule has 124 valence electrons. The van der Waals surface area contributed by atoms with Crippen molar-refractivity contribution in [3.8, 4) is 5.82 Å². The van der Waals surface area contributed by atoms with E-state index in [9.17, 15) is 17.2 Å². The van der Waals surface area contributed by atoms with Crippen molar-refractivity contribution in [2.75, 3.05) is 4.72 Å². The zero-order valence-corrected chi connectivity index (χ0v) is 13.1. The lowest BCUT2D eigenvalue weighted by molar-refractivity contribution is 0.504. The van der Waals surface area contributed by atoms with Crippen molar-refractivity contribution in [2.45, 2.75) is 11.8 Å². The fraction of sp³-hybridized carbons (Fsp3) is 0.0714. The Kier molecular flexibility index (Phi) is 3.97. The van der Waals surface area contributed by atoms with E-state index in [2.05, 4.69) is 20.0 Å². The maximum Gasteiger partial charge on any atom is 0.263 e. The second-order valence-electron chi connectivity index (χ2n) is 4.84. The smallest absolute Gasteiger partial charge is 0.263 e. The SMILES string of the molecule is Cc1ccc(-n2nccc2NS(=O)(=O)c2ccc(F)c(F)c2)nn1. The molecule has 0 amide bonds. The van der Waals surface area contributed by atoms with Crippen LogP contribution in [0.5, 0.6) is 0 Å². The van der Waals surface area contributed by atoms with Crippen LogP contribution < -0.4 is 4.72 Å². The average molecular weight is 351 g/mol. The summed E-state index contributed by atoms with van der Waals surface area (Å²) in [6.07, 6.45) is 1.37. The van der Waals surface area contributed by atoms with Crippen LogP contribution in [0.3, 0.4) is 0 Å². The number of rotatable bonds is 4. The summed E-state index contributed by atoms with van der Waals surface area (Å²) in [5, 5.41) is 11.8. The van der Waals surface area contributed by atoms with Gasteiger partial charge in [0.15, 0.2) is 17.5 Å². The summed E-state index contributed by atoms with van der Waals surface area (Å²) in [6, 6.07) is 7.02. The number of halogens is 2. The van der Waals surface area contributed by atoms with Crippen LogP contribution in [-0.2, 0) is 10.0 Å². The minimum absolute atomic E-state index is 0.0814. The summed E-state index contributed by atoms with van der Waals surface area (Å²) in [4.78, 5) is -0.413. The third kappa shape index (κ3) is 3.08. The van der Waals surface area contributed by atoms with E-state index < -0.39 is 26.6 Å². The molecule has 7 nitrogen and oxygen atoms in total. The Labute approximate surface area is 136 Å². The molecule has 0 unspecified atom stereocenters. The molecule has 0 aliphatic rings. The van der Waals surface area contributed by atoms with Crippen LogP contribution in [0.4, 0.5) is 14.6 Å². The van der Waals surface area contributed by atoms with E-state index in [0.717, 1.165) is 12.1 Å². The molecule has 10 heteroatoms. The molecule has 0 saturated heterocycles. The van der Waals surface area contributed by atoms with E-state index in [-0.39, 0.29) is 5.82 Å². The molecule has 1 aromatic carbocycles. The molecule has 0 spiro atoms. The molecule has 0 radical (unpaired) electrons. The van der Waals surface area contributed by atoms with E-state index in [1.165, 1.54) is 16.9 Å². The number of aromatic nitrogens is 4. The zero-order chi connectivity index (χ0) is 17.3. The second kappa shape index (κ2) is 5.96. The lowest BCUT2D eigenvalue weighted by atomic mass is 10.3. The van der Waals surface area contributed by atoms with Crippen LogP contribution in [0.1, 0.15) is 5.69 Å². The maximum absolute atomic E-state index is 13.3. The number of hydrogen-bond donors (Lipinski definition) is 1. The number of nitrogens with zero attached hydrogens (tertiary/aromatic N) is 4. The largest absolute Gasteiger partial charge is 0.263 e. The first kappa shape index (κ1) is 16.0. The molecule has 0 fully saturated rings. The van der Waals surface area contributed by atoms with Gasteiger partial charge in [0.05, 0.1) is 16.8 Å². The van der Waals surface area contributed by atoms with Crippen LogP contribution in [0.15, 0.2) is 47.5 Å². The molecule has 0 bridgehead atoms. The Morgan fingerprint density at radius 1 is 1.04 bits per heavy atom. The van der Waals surface area contributed by atoms with Gasteiger partial charge in [-0.1, -0.05) is 0 Å². The molecular formula is C14H11F2N5O2S. The zero-order valence-electron chi connectivity index (χ0n) is 12.3. The fourth-order valence-electron chi connectivity index (χ4n) is 1.91. The molecule has 0 atom stereocenters. The quantitative estimate of drug-likeness (QED) is 0.777. The molecule has 2 heterocycles. The lowest BCUT2D eigenvalue weighted by Crippen LogP contribution is -2.16. The summed E-state index contributed by atoms with van der Waals surface area (Å²) < 4.78 is 54.4. The second-order valence-corrected chi connectivity index (χ2v) is 6.52. The highest BCUT2D eigenvalue weighted by Gasteiger charge is 2.19. The summed E-state index contributed by atoms with van der Waals surface area (Å²) in [6.45, 7) is 1.76. The summed E-state index contributed by atoms with van der Waals surface area (Å²) in [7, 11) is -4.13. The Balaban J connectivity index is 1.95. The summed E-state index contributed by atoms with van der Waals surface area (Å²) in [5.41, 5.74) is 0.690. The molecule has 24 heavy (non-hydrogen) atoms. The van der Waals surface area contributed by atoms with Crippen molar-refractivity contribution in [3.63, 3.8) is 0 Å². The van der Waals surface area contributed by atoms with Crippen LogP contribution >= 0.6 is 0 Å². The fourth-order valence-corrected chi connectivity index (χ4v) is 2.96. The number of aryl methyl sites for hydroxylation is 1. The number of hydrogen-bond acceptors (Lipinski definition) is 5. The van der Waals surface area contributed by atoms with Gasteiger partial charge in [-0.3, -0.25) is 4.72 Å². The van der Waals surface area contributed by atoms with Gasteiger partial charge in [0, 0.05) is 6.07 Å². The summed E-state index contributed by atoms with van der Waals surface area (Å²) >= 11 is 0. The number of nitrogens with one attached hydrogen (secondary N) is 1. The first-order chi connectivity index (χ1) is 11.4. The van der Waals surface area contributed by atoms with Gasteiger partial charge in [-0.05, 0) is 37.3 Å². The molecular weight excluding hydrogens is 340 g/mol. The highest BCUT2D eigenvalue weighted by Crippen LogP contribution is 2.19. The standard InChI is InChI=1S/C14H11F2N5O2S/c1-9-2-5-13(19-18-9)21-14(6-7-17-21)20-24(22,23)10-3-4-11(15)12(16)8-10/h2-8,20H,1H3. The average Bonchev–Trinajstić information content (AvgIpc) is 2.98. The molecule has 0 saturated carbocycles. The van der Waals surface area contributed by atoms with Gasteiger partial charge in [0.2, 0.25) is 0 Å². The van der Waals surface area contributed by atoms with E-state index in [0.29, 0.717) is 17.6 Å². The van der Waals surface area contributed by atoms with Crippen molar-refractivity contribution in [2.24, 2.45) is 0 Å². The summed E-state index contributed by atoms with van der Waals surface area (Å²) in [5.74, 6) is -2.00. The molecule has 1 N–H and O–H groups in total. The van der Waals surface area contributed by atoms with Gasteiger partial charge < -0.3 is 0 Å². The first-order valence-electron chi connectivity index (χ1n) is 6.69. The highest BCUT2D eigenvalue weighted by atomic mass is 32.2. The Morgan fingerprint density at radius 2 is 1.83 bits per heavy atom. The molecule has 3 aromatic rings. The van der Waals surface area contributed by atoms with Gasteiger partial charge in [0.25, 0.3) is 10.0 Å². The molecule has 0 aliphatic heterocycles. The van der Waals surface area contributed by atoms with Crippen molar-refractivity contribution < 1.29 is 17.2 Å². The molecule has 2 aromatic heterocycles. The molecule has 0 aliphatic carbocycles. The number of benzene rings is 1. The maximum atomic E-state index is 13.3. The van der Waals surface area contributed by atoms with Crippen molar-refractivity contribution >= 4 is 15.8 Å². The Morgan fingerprint density at radius 3 is 2.50 bits per heavy atom. The Bertz CT molecular complexity index is 987. The van der Waals surface area contributed by atoms with Crippen molar-refractivity contribution in [1.29, 1.82) is 0 Å². The minimum atomic E-state index is -4.13. The van der Waals surface area contributed by atoms with E-state index in [1.807, 2.05) is 0 Å². The minimum Gasteiger partial charge on any atom is -0.263 e. The van der Waals surface area contributed by atoms with Crippen molar-refractivity contribution in [1.82, 2.24) is 20.0 Å². The van der Waals surface area contributed by atoms with Gasteiger partial charge in [0.1, 0.15) is 5.82 Å². The number of anilines is 1. The van der Waals surface area contributed by atoms with Crippen LogP contribution in [0, 0.1) is 18.6 Å². The predicted octanol–water partition coefficient (Wildman–Crippen LogP) is 2.05. The topological polar surface area (TPSA) is 89.8 Å². The van der Waals surface area contributed by atoms with Gasteiger partial charge in [-0.2, -0.15) is 14.9 Å². The Hall–Kier alpha value is -2.88. The van der Waals surface area contributed by atoms with E-state index >= 15 is 0 Å². The monoisotopic (exact) mass is 351 g/mol. The van der Waals surface area contributed by atoms with E-state index in [4.69, 9.17) is 0 Å². The van der Waals surface area contributed by atoms with Gasteiger partial charge in [-0.25, -0.2) is 17.2 Å². The van der Waals surface area contributed by atoms with Crippen LogP contribution in [0.25, 0.3) is 5.82 Å². The third-order valence-electron chi connectivity index (χ3n) is 3.08. The van der Waals surface area contributed by atoms with Gasteiger partial charge in [-0.15, -0.1) is 5.10 Å². The lowest BCUT2D eigenvalue weighted by Gasteiger charge is -2.10.